The van der Waals surface area contributed by atoms with Crippen LogP contribution in [0.3, 0.4) is 0 Å². The largest absolute Gasteiger partial charge is 0.467 e. The van der Waals surface area contributed by atoms with E-state index in [-0.39, 0.29) is 16.7 Å². The molecule has 1 amide bonds. The Balaban J connectivity index is 1.51. The first-order valence-corrected chi connectivity index (χ1v) is 13.3. The highest BCUT2D eigenvalue weighted by molar-refractivity contribution is 8.00. The van der Waals surface area contributed by atoms with E-state index in [1.54, 1.807) is 22.2 Å². The van der Waals surface area contributed by atoms with Gasteiger partial charge in [0.15, 0.2) is 5.16 Å². The summed E-state index contributed by atoms with van der Waals surface area (Å²) in [6.45, 7) is 3.91. The number of furan rings is 1. The molecular weight excluding hydrogens is 442 g/mol. The number of amides is 1. The molecule has 1 atom stereocenters. The molecule has 1 aliphatic heterocycles. The number of likely N-dealkylation sites (tertiary alicyclic amines) is 1. The number of rotatable bonds is 5. The van der Waals surface area contributed by atoms with E-state index in [4.69, 9.17) is 9.40 Å². The van der Waals surface area contributed by atoms with Crippen molar-refractivity contribution in [2.24, 2.45) is 0 Å². The molecule has 2 aliphatic rings. The number of aromatic nitrogens is 2. The van der Waals surface area contributed by atoms with Crippen molar-refractivity contribution in [1.29, 1.82) is 0 Å². The fourth-order valence-corrected chi connectivity index (χ4v) is 7.06. The van der Waals surface area contributed by atoms with Crippen LogP contribution in [0.2, 0.25) is 0 Å². The molecule has 0 spiro atoms. The van der Waals surface area contributed by atoms with E-state index >= 15 is 0 Å². The van der Waals surface area contributed by atoms with Gasteiger partial charge in [0.25, 0.3) is 5.56 Å². The van der Waals surface area contributed by atoms with Gasteiger partial charge in [-0.2, -0.15) is 0 Å². The molecule has 1 unspecified atom stereocenters. The molecule has 1 aliphatic carbocycles. The Morgan fingerprint density at radius 3 is 2.72 bits per heavy atom. The minimum Gasteiger partial charge on any atom is -0.467 e. The topological polar surface area (TPSA) is 68.3 Å². The molecule has 170 valence electrons. The highest BCUT2D eigenvalue weighted by Gasteiger charge is 2.27. The van der Waals surface area contributed by atoms with Crippen molar-refractivity contribution in [3.8, 4) is 0 Å². The standard InChI is InChI=1S/C24H29N3O3S2/c1-16(22(28)26-12-6-2-3-7-13-26)31-24-25-21-20(18-10-4-5-11-19(18)32-21)23(29)27(24)15-17-9-8-14-30-17/h8-9,14,16H,2-7,10-13,15H2,1H3. The number of hydrogen-bond donors (Lipinski definition) is 0. The number of fused-ring (bicyclic) bond motifs is 3. The van der Waals surface area contributed by atoms with Gasteiger partial charge in [0.1, 0.15) is 10.6 Å². The van der Waals surface area contributed by atoms with E-state index in [0.29, 0.717) is 17.5 Å². The van der Waals surface area contributed by atoms with Crippen LogP contribution < -0.4 is 5.56 Å². The van der Waals surface area contributed by atoms with Crippen molar-refractivity contribution in [3.05, 3.63) is 45.0 Å². The zero-order valence-electron chi connectivity index (χ0n) is 18.5. The number of thiophene rings is 1. The van der Waals surface area contributed by atoms with Gasteiger partial charge < -0.3 is 9.32 Å². The number of hydrogen-bond acceptors (Lipinski definition) is 6. The molecule has 0 saturated carbocycles. The lowest BCUT2D eigenvalue weighted by Gasteiger charge is -2.24. The molecule has 1 fully saturated rings. The predicted octanol–water partition coefficient (Wildman–Crippen LogP) is 4.86. The highest BCUT2D eigenvalue weighted by atomic mass is 32.2. The normalized spacial score (nSPS) is 17.8. The van der Waals surface area contributed by atoms with E-state index in [1.165, 1.54) is 41.5 Å². The third kappa shape index (κ3) is 4.27. The van der Waals surface area contributed by atoms with Gasteiger partial charge in [-0.15, -0.1) is 11.3 Å². The molecule has 3 aromatic rings. The van der Waals surface area contributed by atoms with Crippen LogP contribution in [0.15, 0.2) is 32.8 Å². The fraction of sp³-hybridized carbons (Fsp3) is 0.542. The molecule has 1 saturated heterocycles. The zero-order valence-corrected chi connectivity index (χ0v) is 20.1. The lowest BCUT2D eigenvalue weighted by atomic mass is 9.97. The van der Waals surface area contributed by atoms with Crippen LogP contribution in [0, 0.1) is 0 Å². The minimum absolute atomic E-state index is 0.0114. The Morgan fingerprint density at radius 1 is 1.19 bits per heavy atom. The fourth-order valence-electron chi connectivity index (χ4n) is 4.76. The van der Waals surface area contributed by atoms with E-state index in [2.05, 4.69) is 0 Å². The molecular formula is C24H29N3O3S2. The van der Waals surface area contributed by atoms with Gasteiger partial charge in [-0.05, 0) is 63.1 Å². The van der Waals surface area contributed by atoms with Crippen LogP contribution in [0.25, 0.3) is 10.2 Å². The summed E-state index contributed by atoms with van der Waals surface area (Å²) in [5, 5.41) is 1.08. The third-order valence-electron chi connectivity index (χ3n) is 6.48. The van der Waals surface area contributed by atoms with Crippen LogP contribution in [-0.2, 0) is 24.2 Å². The van der Waals surface area contributed by atoms with Gasteiger partial charge in [0, 0.05) is 18.0 Å². The summed E-state index contributed by atoms with van der Waals surface area (Å²) in [6.07, 6.45) is 10.4. The van der Waals surface area contributed by atoms with Crippen LogP contribution in [0.1, 0.15) is 61.6 Å². The zero-order chi connectivity index (χ0) is 22.1. The molecule has 0 N–H and O–H groups in total. The molecule has 0 radical (unpaired) electrons. The monoisotopic (exact) mass is 471 g/mol. The molecule has 4 heterocycles. The molecule has 32 heavy (non-hydrogen) atoms. The summed E-state index contributed by atoms with van der Waals surface area (Å²) in [6, 6.07) is 3.71. The number of carbonyl (C=O) groups excluding carboxylic acids is 1. The van der Waals surface area contributed by atoms with Crippen molar-refractivity contribution >= 4 is 39.2 Å². The van der Waals surface area contributed by atoms with Crippen LogP contribution >= 0.6 is 23.1 Å². The Labute approximate surface area is 196 Å². The summed E-state index contributed by atoms with van der Waals surface area (Å²) in [4.78, 5) is 35.9. The molecule has 0 bridgehead atoms. The van der Waals surface area contributed by atoms with E-state index in [9.17, 15) is 9.59 Å². The lowest BCUT2D eigenvalue weighted by Crippen LogP contribution is -2.37. The van der Waals surface area contributed by atoms with Crippen LogP contribution in [-0.4, -0.2) is 38.7 Å². The van der Waals surface area contributed by atoms with Crippen LogP contribution in [0.5, 0.6) is 0 Å². The van der Waals surface area contributed by atoms with Gasteiger partial charge in [-0.3, -0.25) is 14.2 Å². The SMILES string of the molecule is CC(Sc1nc2sc3c(c2c(=O)n1Cc1ccco1)CCCC3)C(=O)N1CCCCCC1. The summed E-state index contributed by atoms with van der Waals surface area (Å²) < 4.78 is 7.25. The smallest absolute Gasteiger partial charge is 0.263 e. The van der Waals surface area contributed by atoms with Gasteiger partial charge in [-0.25, -0.2) is 4.98 Å². The first-order valence-electron chi connectivity index (χ1n) is 11.6. The molecule has 5 rings (SSSR count). The van der Waals surface area contributed by atoms with E-state index < -0.39 is 0 Å². The Morgan fingerprint density at radius 2 is 1.97 bits per heavy atom. The van der Waals surface area contributed by atoms with Crippen molar-refractivity contribution in [2.45, 2.75) is 75.2 Å². The summed E-state index contributed by atoms with van der Waals surface area (Å²) >= 11 is 3.06. The van der Waals surface area contributed by atoms with E-state index in [0.717, 1.165) is 55.4 Å². The number of carbonyl (C=O) groups is 1. The molecule has 0 aromatic carbocycles. The van der Waals surface area contributed by atoms with Crippen molar-refractivity contribution in [1.82, 2.24) is 14.5 Å². The van der Waals surface area contributed by atoms with Crippen molar-refractivity contribution in [3.63, 3.8) is 0 Å². The summed E-state index contributed by atoms with van der Waals surface area (Å²) in [5.41, 5.74) is 1.18. The first-order chi connectivity index (χ1) is 15.6. The second-order valence-corrected chi connectivity index (χ2v) is 11.1. The van der Waals surface area contributed by atoms with Gasteiger partial charge in [-0.1, -0.05) is 24.6 Å². The lowest BCUT2D eigenvalue weighted by molar-refractivity contribution is -0.130. The molecule has 6 nitrogen and oxygen atoms in total. The van der Waals surface area contributed by atoms with Gasteiger partial charge in [0.05, 0.1) is 23.4 Å². The Kier molecular flexibility index (Phi) is 6.42. The van der Waals surface area contributed by atoms with Crippen LogP contribution in [0.4, 0.5) is 0 Å². The average molecular weight is 472 g/mol. The highest BCUT2D eigenvalue weighted by Crippen LogP contribution is 2.35. The number of nitrogens with zero attached hydrogens (tertiary/aromatic N) is 3. The first kappa shape index (κ1) is 21.8. The summed E-state index contributed by atoms with van der Waals surface area (Å²) in [5.74, 6) is 0.854. The number of thioether (sulfide) groups is 1. The van der Waals surface area contributed by atoms with Crippen molar-refractivity contribution in [2.75, 3.05) is 13.1 Å². The average Bonchev–Trinajstić information content (AvgIpc) is 3.35. The summed E-state index contributed by atoms with van der Waals surface area (Å²) in [7, 11) is 0. The maximum atomic E-state index is 13.7. The molecule has 8 heteroatoms. The van der Waals surface area contributed by atoms with Gasteiger partial charge >= 0.3 is 0 Å². The molecule has 3 aromatic heterocycles. The number of aryl methyl sites for hydroxylation is 2. The Hall–Kier alpha value is -2.06. The van der Waals surface area contributed by atoms with Gasteiger partial charge in [0.2, 0.25) is 5.91 Å². The van der Waals surface area contributed by atoms with E-state index in [1.807, 2.05) is 24.0 Å². The Bertz CT molecular complexity index is 1160. The quantitative estimate of drug-likeness (QED) is 0.393. The maximum absolute atomic E-state index is 13.7. The minimum atomic E-state index is -0.296. The second-order valence-electron chi connectivity index (χ2n) is 8.76. The predicted molar refractivity (Wildman–Crippen MR) is 129 cm³/mol. The van der Waals surface area contributed by atoms with Crippen molar-refractivity contribution < 1.29 is 9.21 Å². The third-order valence-corrected chi connectivity index (χ3v) is 8.74. The maximum Gasteiger partial charge on any atom is 0.263 e. The second kappa shape index (κ2) is 9.43.